The predicted molar refractivity (Wildman–Crippen MR) is 83.6 cm³/mol. The number of aromatic nitrogens is 1. The van der Waals surface area contributed by atoms with E-state index in [1.165, 1.54) is 0 Å². The maximum Gasteiger partial charge on any atom is 0.213 e. The number of rotatable bonds is 9. The molecular formula is C16H28N2O3. The van der Waals surface area contributed by atoms with Gasteiger partial charge in [0.1, 0.15) is 6.61 Å². The predicted octanol–water partition coefficient (Wildman–Crippen LogP) is 2.27. The summed E-state index contributed by atoms with van der Waals surface area (Å²) >= 11 is 0. The van der Waals surface area contributed by atoms with Gasteiger partial charge in [-0.1, -0.05) is 20.8 Å². The van der Waals surface area contributed by atoms with E-state index in [4.69, 9.17) is 19.9 Å². The van der Waals surface area contributed by atoms with Crippen LogP contribution >= 0.6 is 0 Å². The highest BCUT2D eigenvalue weighted by atomic mass is 16.5. The number of pyridine rings is 1. The standard InChI is InChI=1S/C16H28N2O3/c1-16(2,3)14-10-13(12-17)11-15(18-14)21-9-8-20-7-5-6-19-4/h10-11H,5-9,12,17H2,1-4H3. The van der Waals surface area contributed by atoms with Gasteiger partial charge in [-0.3, -0.25) is 0 Å². The molecular weight excluding hydrogens is 268 g/mol. The summed E-state index contributed by atoms with van der Waals surface area (Å²) in [5.41, 5.74) is 7.73. The maximum atomic E-state index is 5.73. The minimum atomic E-state index is -0.0278. The highest BCUT2D eigenvalue weighted by molar-refractivity contribution is 5.28. The van der Waals surface area contributed by atoms with E-state index in [9.17, 15) is 0 Å². The van der Waals surface area contributed by atoms with Crippen LogP contribution in [0, 0.1) is 0 Å². The molecule has 0 fully saturated rings. The fourth-order valence-electron chi connectivity index (χ4n) is 1.75. The van der Waals surface area contributed by atoms with Crippen molar-refractivity contribution in [1.29, 1.82) is 0 Å². The Labute approximate surface area is 127 Å². The first-order valence-electron chi connectivity index (χ1n) is 7.38. The third-order valence-corrected chi connectivity index (χ3v) is 2.98. The van der Waals surface area contributed by atoms with Crippen molar-refractivity contribution in [2.75, 3.05) is 33.5 Å². The van der Waals surface area contributed by atoms with Crippen LogP contribution in [0.5, 0.6) is 5.88 Å². The SMILES string of the molecule is COCCCOCCOc1cc(CN)cc(C(C)(C)C)n1. The number of methoxy groups -OCH3 is 1. The smallest absolute Gasteiger partial charge is 0.213 e. The number of hydrogen-bond acceptors (Lipinski definition) is 5. The van der Waals surface area contributed by atoms with Crippen LogP contribution in [0.1, 0.15) is 38.4 Å². The fraction of sp³-hybridized carbons (Fsp3) is 0.688. The van der Waals surface area contributed by atoms with Gasteiger partial charge < -0.3 is 19.9 Å². The van der Waals surface area contributed by atoms with Crippen LogP contribution in [0.25, 0.3) is 0 Å². The number of nitrogens with zero attached hydrogens (tertiary/aromatic N) is 1. The first-order chi connectivity index (χ1) is 9.97. The highest BCUT2D eigenvalue weighted by Gasteiger charge is 2.17. The van der Waals surface area contributed by atoms with Gasteiger partial charge in [0.2, 0.25) is 5.88 Å². The molecule has 0 atom stereocenters. The van der Waals surface area contributed by atoms with Gasteiger partial charge in [-0.25, -0.2) is 4.98 Å². The Morgan fingerprint density at radius 2 is 1.86 bits per heavy atom. The van der Waals surface area contributed by atoms with E-state index in [0.717, 1.165) is 24.3 Å². The van der Waals surface area contributed by atoms with Gasteiger partial charge >= 0.3 is 0 Å². The summed E-state index contributed by atoms with van der Waals surface area (Å²) in [7, 11) is 1.69. The molecule has 0 aliphatic carbocycles. The Morgan fingerprint density at radius 3 is 2.48 bits per heavy atom. The molecule has 120 valence electrons. The third-order valence-electron chi connectivity index (χ3n) is 2.98. The molecule has 2 N–H and O–H groups in total. The van der Waals surface area contributed by atoms with E-state index in [1.807, 2.05) is 12.1 Å². The summed E-state index contributed by atoms with van der Waals surface area (Å²) < 4.78 is 16.1. The minimum Gasteiger partial charge on any atom is -0.475 e. The van der Waals surface area contributed by atoms with E-state index in [2.05, 4.69) is 25.8 Å². The first kappa shape index (κ1) is 17.9. The third kappa shape index (κ3) is 6.89. The van der Waals surface area contributed by atoms with Crippen LogP contribution in [0.3, 0.4) is 0 Å². The lowest BCUT2D eigenvalue weighted by molar-refractivity contribution is 0.0794. The van der Waals surface area contributed by atoms with Crippen LogP contribution in [-0.4, -0.2) is 38.5 Å². The lowest BCUT2D eigenvalue weighted by Crippen LogP contribution is -2.16. The normalized spacial score (nSPS) is 11.7. The molecule has 21 heavy (non-hydrogen) atoms. The molecule has 1 aromatic rings. The molecule has 0 saturated heterocycles. The molecule has 1 rings (SSSR count). The lowest BCUT2D eigenvalue weighted by Gasteiger charge is -2.19. The Bertz CT molecular complexity index is 416. The number of nitrogens with two attached hydrogens (primary N) is 1. The zero-order valence-electron chi connectivity index (χ0n) is 13.6. The second-order valence-electron chi connectivity index (χ2n) is 5.96. The Hall–Kier alpha value is -1.17. The average Bonchev–Trinajstić information content (AvgIpc) is 2.45. The molecule has 0 radical (unpaired) electrons. The fourth-order valence-corrected chi connectivity index (χ4v) is 1.75. The van der Waals surface area contributed by atoms with Gasteiger partial charge in [-0.15, -0.1) is 0 Å². The number of hydrogen-bond donors (Lipinski definition) is 1. The Kier molecular flexibility index (Phi) is 7.64. The van der Waals surface area contributed by atoms with Crippen molar-refractivity contribution in [2.45, 2.75) is 39.2 Å². The lowest BCUT2D eigenvalue weighted by atomic mass is 9.91. The first-order valence-corrected chi connectivity index (χ1v) is 7.38. The van der Waals surface area contributed by atoms with E-state index >= 15 is 0 Å². The van der Waals surface area contributed by atoms with Crippen molar-refractivity contribution in [2.24, 2.45) is 5.73 Å². The molecule has 0 unspecified atom stereocenters. The van der Waals surface area contributed by atoms with Gasteiger partial charge in [-0.2, -0.15) is 0 Å². The molecule has 0 aliphatic heterocycles. The summed E-state index contributed by atoms with van der Waals surface area (Å²) in [4.78, 5) is 4.55. The van der Waals surface area contributed by atoms with Gasteiger partial charge in [0.15, 0.2) is 0 Å². The monoisotopic (exact) mass is 296 g/mol. The molecule has 0 aliphatic rings. The minimum absolute atomic E-state index is 0.0278. The molecule has 0 saturated carbocycles. The molecule has 0 spiro atoms. The Balaban J connectivity index is 2.47. The molecule has 1 aromatic heterocycles. The molecule has 0 amide bonds. The average molecular weight is 296 g/mol. The molecule has 5 nitrogen and oxygen atoms in total. The summed E-state index contributed by atoms with van der Waals surface area (Å²) in [6.45, 7) is 9.28. The van der Waals surface area contributed by atoms with Crippen LogP contribution in [-0.2, 0) is 21.4 Å². The van der Waals surface area contributed by atoms with Crippen molar-refractivity contribution < 1.29 is 14.2 Å². The summed E-state index contributed by atoms with van der Waals surface area (Å²) in [5.74, 6) is 0.614. The second kappa shape index (κ2) is 8.97. The largest absolute Gasteiger partial charge is 0.475 e. The van der Waals surface area contributed by atoms with Crippen molar-refractivity contribution in [3.05, 3.63) is 23.4 Å². The van der Waals surface area contributed by atoms with Gasteiger partial charge in [0.25, 0.3) is 0 Å². The Morgan fingerprint density at radius 1 is 1.10 bits per heavy atom. The van der Waals surface area contributed by atoms with Crippen molar-refractivity contribution in [3.63, 3.8) is 0 Å². The van der Waals surface area contributed by atoms with Crippen LogP contribution < -0.4 is 10.5 Å². The second-order valence-corrected chi connectivity index (χ2v) is 5.96. The molecule has 1 heterocycles. The van der Waals surface area contributed by atoms with Crippen LogP contribution in [0.4, 0.5) is 0 Å². The zero-order valence-corrected chi connectivity index (χ0v) is 13.6. The molecule has 5 heteroatoms. The molecule has 0 bridgehead atoms. The van der Waals surface area contributed by atoms with Crippen molar-refractivity contribution in [1.82, 2.24) is 4.98 Å². The van der Waals surface area contributed by atoms with E-state index in [0.29, 0.717) is 32.2 Å². The van der Waals surface area contributed by atoms with Gasteiger partial charge in [0, 0.05) is 38.3 Å². The summed E-state index contributed by atoms with van der Waals surface area (Å²) in [5, 5.41) is 0. The maximum absolute atomic E-state index is 5.73. The van der Waals surface area contributed by atoms with E-state index in [1.54, 1.807) is 7.11 Å². The van der Waals surface area contributed by atoms with Crippen LogP contribution in [0.2, 0.25) is 0 Å². The van der Waals surface area contributed by atoms with Gasteiger partial charge in [-0.05, 0) is 18.1 Å². The van der Waals surface area contributed by atoms with Crippen molar-refractivity contribution in [3.8, 4) is 5.88 Å². The summed E-state index contributed by atoms with van der Waals surface area (Å²) in [6.07, 6.45) is 0.894. The zero-order chi connectivity index (χ0) is 15.7. The van der Waals surface area contributed by atoms with Gasteiger partial charge in [0.05, 0.1) is 12.3 Å². The van der Waals surface area contributed by atoms with Crippen LogP contribution in [0.15, 0.2) is 12.1 Å². The highest BCUT2D eigenvalue weighted by Crippen LogP contribution is 2.24. The van der Waals surface area contributed by atoms with E-state index in [-0.39, 0.29) is 5.41 Å². The quantitative estimate of drug-likeness (QED) is 0.708. The number of ether oxygens (including phenoxy) is 3. The topological polar surface area (TPSA) is 66.6 Å². The van der Waals surface area contributed by atoms with Crippen molar-refractivity contribution >= 4 is 0 Å². The van der Waals surface area contributed by atoms with E-state index < -0.39 is 0 Å². The summed E-state index contributed by atoms with van der Waals surface area (Å²) in [6, 6.07) is 3.92. The molecule has 0 aromatic carbocycles.